The molecule has 0 aliphatic rings. The van der Waals surface area contributed by atoms with Crippen LogP contribution in [-0.2, 0) is 19.5 Å². The van der Waals surface area contributed by atoms with E-state index < -0.39 is 11.6 Å². The van der Waals surface area contributed by atoms with E-state index in [2.05, 4.69) is 51.8 Å². The molecule has 4 aromatic rings. The number of benzene rings is 2. The van der Waals surface area contributed by atoms with E-state index in [4.69, 9.17) is 10.1 Å². The normalized spacial score (nSPS) is 11.6. The maximum atomic E-state index is 11.9. The first-order valence-corrected chi connectivity index (χ1v) is 12.1. The number of hydrogen-bond donors (Lipinski definition) is 2. The maximum absolute atomic E-state index is 11.9. The van der Waals surface area contributed by atoms with Crippen LogP contribution in [-0.4, -0.2) is 57.0 Å². The Hall–Kier alpha value is -4.08. The predicted octanol–water partition coefficient (Wildman–Crippen LogP) is 4.79. The van der Waals surface area contributed by atoms with Gasteiger partial charge < -0.3 is 5.11 Å². The van der Waals surface area contributed by atoms with Crippen molar-refractivity contribution in [1.82, 2.24) is 40.3 Å². The van der Waals surface area contributed by atoms with Gasteiger partial charge in [-0.25, -0.2) is 14.5 Å². The topological polar surface area (TPSA) is 126 Å². The lowest BCUT2D eigenvalue weighted by molar-refractivity contribution is 0.0928. The van der Waals surface area contributed by atoms with Crippen molar-refractivity contribution in [3.05, 3.63) is 65.7 Å². The Kier molecular flexibility index (Phi) is 7.42. The quantitative estimate of drug-likeness (QED) is 0.347. The van der Waals surface area contributed by atoms with Gasteiger partial charge in [0.25, 0.3) is 0 Å². The Morgan fingerprint density at radius 3 is 2.42 bits per heavy atom. The zero-order valence-corrected chi connectivity index (χ0v) is 21.1. The molecular weight excluding hydrogens is 456 g/mol. The number of amides is 1. The van der Waals surface area contributed by atoms with Crippen LogP contribution < -0.4 is 0 Å². The summed E-state index contributed by atoms with van der Waals surface area (Å²) in [6.45, 7) is 8.44. The lowest BCUT2D eigenvalue weighted by atomic mass is 9.98. The molecule has 0 unspecified atom stereocenters. The minimum absolute atomic E-state index is 0.175. The number of hydrogen-bond acceptors (Lipinski definition) is 6. The van der Waals surface area contributed by atoms with Gasteiger partial charge in [0, 0.05) is 17.5 Å². The summed E-state index contributed by atoms with van der Waals surface area (Å²) in [5, 5.41) is 28.9. The number of nitrogens with zero attached hydrogens (tertiary/aromatic N) is 7. The minimum Gasteiger partial charge on any atom is -0.465 e. The number of aryl methyl sites for hydroxylation is 1. The Morgan fingerprint density at radius 2 is 1.81 bits per heavy atom. The minimum atomic E-state index is -0.975. The van der Waals surface area contributed by atoms with Crippen molar-refractivity contribution in [2.75, 3.05) is 0 Å². The molecule has 10 heteroatoms. The van der Waals surface area contributed by atoms with Crippen LogP contribution in [0, 0.1) is 0 Å². The molecule has 0 saturated heterocycles. The summed E-state index contributed by atoms with van der Waals surface area (Å²) in [5.41, 5.74) is 3.43. The molecule has 2 N–H and O–H groups in total. The van der Waals surface area contributed by atoms with E-state index in [-0.39, 0.29) is 6.54 Å². The van der Waals surface area contributed by atoms with Crippen LogP contribution in [0.25, 0.3) is 22.5 Å². The average molecular weight is 489 g/mol. The third-order valence-electron chi connectivity index (χ3n) is 6.00. The van der Waals surface area contributed by atoms with E-state index in [0.29, 0.717) is 18.2 Å². The first-order chi connectivity index (χ1) is 17.3. The van der Waals surface area contributed by atoms with Gasteiger partial charge >= 0.3 is 6.09 Å². The number of aromatic nitrogens is 7. The van der Waals surface area contributed by atoms with Crippen molar-refractivity contribution in [1.29, 1.82) is 0 Å². The SMILES string of the molecule is CCCCc1nc(CN(C(=O)O)C(C)(C)C)n(Cc2ccc(-c3ccccc3-c3nn[nH]n3)cc2)n1. The maximum Gasteiger partial charge on any atom is 0.408 e. The van der Waals surface area contributed by atoms with Gasteiger partial charge in [-0.1, -0.05) is 61.9 Å². The zero-order chi connectivity index (χ0) is 25.7. The molecule has 0 fully saturated rings. The molecule has 2 aromatic heterocycles. The first kappa shape index (κ1) is 25.0. The van der Waals surface area contributed by atoms with Crippen molar-refractivity contribution < 1.29 is 9.90 Å². The van der Waals surface area contributed by atoms with Crippen molar-refractivity contribution in [3.8, 4) is 22.5 Å². The zero-order valence-electron chi connectivity index (χ0n) is 21.1. The van der Waals surface area contributed by atoms with Gasteiger partial charge in [0.15, 0.2) is 5.82 Å². The van der Waals surface area contributed by atoms with Crippen LogP contribution in [0.2, 0.25) is 0 Å². The van der Waals surface area contributed by atoms with E-state index >= 15 is 0 Å². The lowest BCUT2D eigenvalue weighted by Gasteiger charge is -2.32. The standard InChI is InChI=1S/C26H32N8O2/c1-5-6-11-22-27-23(17-33(25(35)36)26(2,3)4)34(30-22)16-18-12-14-19(15-13-18)20-9-7-8-10-21(20)24-28-31-32-29-24/h7-10,12-15H,5-6,11,16-17H2,1-4H3,(H,35,36)(H,28,29,31,32). The third-order valence-corrected chi connectivity index (χ3v) is 6.00. The highest BCUT2D eigenvalue weighted by atomic mass is 16.4. The number of unbranched alkanes of at least 4 members (excludes halogenated alkanes) is 1. The number of tetrazole rings is 1. The summed E-state index contributed by atoms with van der Waals surface area (Å²) in [5.74, 6) is 1.94. The first-order valence-electron chi connectivity index (χ1n) is 12.1. The molecule has 0 atom stereocenters. The number of nitrogens with one attached hydrogen (secondary N) is 1. The lowest BCUT2D eigenvalue weighted by Crippen LogP contribution is -2.44. The molecular formula is C26H32N8O2. The summed E-state index contributed by atoms with van der Waals surface area (Å²) < 4.78 is 1.83. The fraction of sp³-hybridized carbons (Fsp3) is 0.385. The van der Waals surface area contributed by atoms with Gasteiger partial charge in [-0.2, -0.15) is 10.3 Å². The van der Waals surface area contributed by atoms with Crippen molar-refractivity contribution in [2.45, 2.75) is 65.6 Å². The third kappa shape index (κ3) is 5.76. The fourth-order valence-electron chi connectivity index (χ4n) is 4.01. The van der Waals surface area contributed by atoms with Crippen molar-refractivity contribution in [2.24, 2.45) is 0 Å². The Labute approximate surface area is 210 Å². The second-order valence-corrected chi connectivity index (χ2v) is 9.72. The van der Waals surface area contributed by atoms with E-state index in [1.54, 1.807) is 0 Å². The van der Waals surface area contributed by atoms with Crippen LogP contribution in [0.1, 0.15) is 57.7 Å². The molecule has 0 aliphatic heterocycles. The highest BCUT2D eigenvalue weighted by Crippen LogP contribution is 2.30. The number of carboxylic acid groups (broad SMARTS) is 1. The summed E-state index contributed by atoms with van der Waals surface area (Å²) in [6.07, 6.45) is 1.82. The van der Waals surface area contributed by atoms with Crippen LogP contribution >= 0.6 is 0 Å². The van der Waals surface area contributed by atoms with Crippen molar-refractivity contribution in [3.63, 3.8) is 0 Å². The van der Waals surface area contributed by atoms with Gasteiger partial charge in [0.05, 0.1) is 13.1 Å². The predicted molar refractivity (Wildman–Crippen MR) is 136 cm³/mol. The van der Waals surface area contributed by atoms with Crippen LogP contribution in [0.5, 0.6) is 0 Å². The van der Waals surface area contributed by atoms with Crippen molar-refractivity contribution >= 4 is 6.09 Å². The molecule has 1 amide bonds. The summed E-state index contributed by atoms with van der Waals surface area (Å²) in [6, 6.07) is 16.2. The number of aromatic amines is 1. The molecule has 0 aliphatic carbocycles. The molecule has 0 radical (unpaired) electrons. The van der Waals surface area contributed by atoms with Crippen LogP contribution in [0.3, 0.4) is 0 Å². The summed E-state index contributed by atoms with van der Waals surface area (Å²) in [4.78, 5) is 18.0. The Balaban J connectivity index is 1.60. The van der Waals surface area contributed by atoms with Gasteiger partial charge in [-0.05, 0) is 49.1 Å². The number of H-pyrrole nitrogens is 1. The molecule has 0 bridgehead atoms. The van der Waals surface area contributed by atoms with E-state index in [0.717, 1.165) is 47.3 Å². The number of carbonyl (C=O) groups is 1. The highest BCUT2D eigenvalue weighted by Gasteiger charge is 2.28. The van der Waals surface area contributed by atoms with E-state index in [1.165, 1.54) is 4.90 Å². The fourth-order valence-corrected chi connectivity index (χ4v) is 4.01. The highest BCUT2D eigenvalue weighted by molar-refractivity contribution is 5.80. The average Bonchev–Trinajstić information content (AvgIpc) is 3.51. The van der Waals surface area contributed by atoms with Gasteiger partial charge in [-0.3, -0.25) is 4.90 Å². The summed E-state index contributed by atoms with van der Waals surface area (Å²) >= 11 is 0. The van der Waals surface area contributed by atoms with Gasteiger partial charge in [0.1, 0.15) is 5.82 Å². The summed E-state index contributed by atoms with van der Waals surface area (Å²) in [7, 11) is 0. The molecule has 10 nitrogen and oxygen atoms in total. The van der Waals surface area contributed by atoms with Gasteiger partial charge in [0.2, 0.25) is 5.82 Å². The van der Waals surface area contributed by atoms with Gasteiger partial charge in [-0.15, -0.1) is 10.2 Å². The Bertz CT molecular complexity index is 1290. The molecule has 36 heavy (non-hydrogen) atoms. The smallest absolute Gasteiger partial charge is 0.408 e. The number of rotatable bonds is 9. The molecule has 0 saturated carbocycles. The molecule has 4 rings (SSSR count). The second kappa shape index (κ2) is 10.7. The van der Waals surface area contributed by atoms with E-state index in [1.807, 2.05) is 49.7 Å². The largest absolute Gasteiger partial charge is 0.465 e. The Morgan fingerprint density at radius 1 is 1.08 bits per heavy atom. The molecule has 2 heterocycles. The molecule has 0 spiro atoms. The van der Waals surface area contributed by atoms with Crippen LogP contribution in [0.4, 0.5) is 4.79 Å². The second-order valence-electron chi connectivity index (χ2n) is 9.72. The van der Waals surface area contributed by atoms with Crippen LogP contribution in [0.15, 0.2) is 48.5 Å². The van der Waals surface area contributed by atoms with E-state index in [9.17, 15) is 9.90 Å². The molecule has 2 aromatic carbocycles. The molecule has 188 valence electrons. The monoisotopic (exact) mass is 488 g/mol.